The lowest BCUT2D eigenvalue weighted by atomic mass is 9.73. The molecule has 5 heteroatoms. The topological polar surface area (TPSA) is 54.9 Å². The average molecular weight is 331 g/mol. The van der Waals surface area contributed by atoms with Crippen LogP contribution in [0.4, 0.5) is 0 Å². The van der Waals surface area contributed by atoms with E-state index in [9.17, 15) is 0 Å². The van der Waals surface area contributed by atoms with E-state index in [0.29, 0.717) is 6.04 Å². The minimum absolute atomic E-state index is 0.0107. The highest BCUT2D eigenvalue weighted by atomic mass is 16.5. The molecule has 1 aromatic carbocycles. The molecule has 0 atom stereocenters. The molecule has 2 aliphatic rings. The monoisotopic (exact) mass is 331 g/mol. The molecule has 0 amide bonds. The van der Waals surface area contributed by atoms with Crippen LogP contribution in [-0.2, 0) is 10.2 Å². The maximum Gasteiger partial charge on any atom is 0.191 e. The molecule has 2 fully saturated rings. The van der Waals surface area contributed by atoms with Crippen molar-refractivity contribution in [2.24, 2.45) is 4.99 Å². The molecule has 1 aliphatic heterocycles. The van der Waals surface area contributed by atoms with Crippen LogP contribution in [0.3, 0.4) is 0 Å². The highest BCUT2D eigenvalue weighted by Gasteiger charge is 2.37. The van der Waals surface area contributed by atoms with E-state index in [4.69, 9.17) is 9.47 Å². The van der Waals surface area contributed by atoms with Crippen molar-refractivity contribution in [3.63, 3.8) is 0 Å². The first-order chi connectivity index (χ1) is 11.7. The highest BCUT2D eigenvalue weighted by molar-refractivity contribution is 5.80. The van der Waals surface area contributed by atoms with Crippen LogP contribution in [0.1, 0.15) is 36.8 Å². The van der Waals surface area contributed by atoms with Crippen molar-refractivity contribution in [1.82, 2.24) is 10.6 Å². The molecule has 2 N–H and O–H groups in total. The first-order valence-electron chi connectivity index (χ1n) is 8.87. The Labute approximate surface area is 144 Å². The molecule has 1 aromatic rings. The van der Waals surface area contributed by atoms with Gasteiger partial charge in [0, 0.05) is 43.8 Å². The number of aryl methyl sites for hydroxylation is 1. The van der Waals surface area contributed by atoms with E-state index in [2.05, 4.69) is 40.7 Å². The molecule has 5 nitrogen and oxygen atoms in total. The van der Waals surface area contributed by atoms with Crippen LogP contribution >= 0.6 is 0 Å². The summed E-state index contributed by atoms with van der Waals surface area (Å²) in [5.41, 5.74) is 2.55. The van der Waals surface area contributed by atoms with Crippen molar-refractivity contribution in [2.75, 3.05) is 33.9 Å². The van der Waals surface area contributed by atoms with Gasteiger partial charge in [-0.2, -0.15) is 0 Å². The van der Waals surface area contributed by atoms with Gasteiger partial charge in [-0.05, 0) is 38.7 Å². The number of guanidine groups is 1. The summed E-state index contributed by atoms with van der Waals surface area (Å²) < 4.78 is 11.3. The number of ether oxygens (including phenoxy) is 2. The van der Waals surface area contributed by atoms with Crippen molar-refractivity contribution in [1.29, 1.82) is 0 Å². The Hall–Kier alpha value is -1.75. The number of nitrogens with zero attached hydrogens (tertiary/aromatic N) is 1. The van der Waals surface area contributed by atoms with Crippen LogP contribution in [0.15, 0.2) is 23.2 Å². The third kappa shape index (κ3) is 3.83. The predicted octanol–water partition coefficient (Wildman–Crippen LogP) is 2.38. The number of hydrogen-bond donors (Lipinski definition) is 2. The molecule has 0 radical (unpaired) electrons. The second kappa shape index (κ2) is 7.43. The van der Waals surface area contributed by atoms with Crippen molar-refractivity contribution in [2.45, 2.75) is 44.1 Å². The Balaban J connectivity index is 1.83. The van der Waals surface area contributed by atoms with Gasteiger partial charge in [0.05, 0.1) is 7.11 Å². The van der Waals surface area contributed by atoms with E-state index in [-0.39, 0.29) is 5.41 Å². The van der Waals surface area contributed by atoms with Gasteiger partial charge in [-0.15, -0.1) is 0 Å². The SMILES string of the molecule is CN=C(NCC1(c2cc(C)ccc2OC)CCOCC1)NC1CC1. The van der Waals surface area contributed by atoms with Gasteiger partial charge >= 0.3 is 0 Å². The summed E-state index contributed by atoms with van der Waals surface area (Å²) in [6.45, 7) is 4.54. The molecule has 0 unspecified atom stereocenters. The van der Waals surface area contributed by atoms with E-state index >= 15 is 0 Å². The largest absolute Gasteiger partial charge is 0.496 e. The quantitative estimate of drug-likeness (QED) is 0.642. The smallest absolute Gasteiger partial charge is 0.191 e. The Kier molecular flexibility index (Phi) is 5.29. The Bertz CT molecular complexity index is 590. The van der Waals surface area contributed by atoms with Crippen LogP contribution in [0.5, 0.6) is 5.75 Å². The van der Waals surface area contributed by atoms with Crippen LogP contribution < -0.4 is 15.4 Å². The summed E-state index contributed by atoms with van der Waals surface area (Å²) in [5.74, 6) is 1.87. The zero-order valence-electron chi connectivity index (χ0n) is 15.0. The summed E-state index contributed by atoms with van der Waals surface area (Å²) in [6, 6.07) is 7.05. The Morgan fingerprint density at radius 1 is 1.33 bits per heavy atom. The van der Waals surface area contributed by atoms with Crippen LogP contribution in [0.2, 0.25) is 0 Å². The highest BCUT2D eigenvalue weighted by Crippen LogP contribution is 2.40. The van der Waals surface area contributed by atoms with E-state index < -0.39 is 0 Å². The molecule has 24 heavy (non-hydrogen) atoms. The first kappa shape index (κ1) is 17.1. The van der Waals surface area contributed by atoms with Crippen LogP contribution in [-0.4, -0.2) is 45.9 Å². The lowest BCUT2D eigenvalue weighted by Gasteiger charge is -2.39. The number of hydrogen-bond acceptors (Lipinski definition) is 3. The zero-order valence-corrected chi connectivity index (χ0v) is 15.0. The molecule has 0 aromatic heterocycles. The summed E-state index contributed by atoms with van der Waals surface area (Å²) in [5, 5.41) is 7.01. The number of benzene rings is 1. The molecular weight excluding hydrogens is 302 g/mol. The molecule has 1 aliphatic carbocycles. The van der Waals surface area contributed by atoms with Gasteiger partial charge in [-0.3, -0.25) is 4.99 Å². The second-order valence-electron chi connectivity index (χ2n) is 6.94. The van der Waals surface area contributed by atoms with E-state index in [1.807, 2.05) is 7.05 Å². The number of rotatable bonds is 5. The lowest BCUT2D eigenvalue weighted by molar-refractivity contribution is 0.0505. The fraction of sp³-hybridized carbons (Fsp3) is 0.632. The second-order valence-corrected chi connectivity index (χ2v) is 6.94. The summed E-state index contributed by atoms with van der Waals surface area (Å²) >= 11 is 0. The average Bonchev–Trinajstić information content (AvgIpc) is 3.43. The fourth-order valence-corrected chi connectivity index (χ4v) is 3.41. The van der Waals surface area contributed by atoms with Crippen LogP contribution in [0, 0.1) is 6.92 Å². The van der Waals surface area contributed by atoms with Gasteiger partial charge in [-0.25, -0.2) is 0 Å². The Morgan fingerprint density at radius 2 is 2.08 bits per heavy atom. The first-order valence-corrected chi connectivity index (χ1v) is 8.87. The minimum atomic E-state index is 0.0107. The van der Waals surface area contributed by atoms with Crippen molar-refractivity contribution in [3.8, 4) is 5.75 Å². The third-order valence-corrected chi connectivity index (χ3v) is 5.11. The van der Waals surface area contributed by atoms with Gasteiger partial charge in [0.1, 0.15) is 5.75 Å². The maximum atomic E-state index is 5.67. The zero-order chi connectivity index (χ0) is 17.0. The molecule has 0 bridgehead atoms. The predicted molar refractivity (Wildman–Crippen MR) is 97.0 cm³/mol. The van der Waals surface area contributed by atoms with Gasteiger partial charge in [0.2, 0.25) is 0 Å². The van der Waals surface area contributed by atoms with E-state index in [1.54, 1.807) is 7.11 Å². The third-order valence-electron chi connectivity index (χ3n) is 5.11. The van der Waals surface area contributed by atoms with Gasteiger partial charge in [0.15, 0.2) is 5.96 Å². The summed E-state index contributed by atoms with van der Waals surface area (Å²) in [7, 11) is 3.59. The van der Waals surface area contributed by atoms with Gasteiger partial charge < -0.3 is 20.1 Å². The van der Waals surface area contributed by atoms with Crippen molar-refractivity contribution >= 4 is 5.96 Å². The molecule has 0 spiro atoms. The minimum Gasteiger partial charge on any atom is -0.496 e. The summed E-state index contributed by atoms with van der Waals surface area (Å²) in [6.07, 6.45) is 4.46. The maximum absolute atomic E-state index is 5.67. The van der Waals surface area contributed by atoms with Crippen molar-refractivity contribution in [3.05, 3.63) is 29.3 Å². The molecular formula is C19H29N3O2. The normalized spacial score (nSPS) is 20.5. The van der Waals surface area contributed by atoms with Gasteiger partial charge in [0.25, 0.3) is 0 Å². The van der Waals surface area contributed by atoms with E-state index in [0.717, 1.165) is 44.3 Å². The number of methoxy groups -OCH3 is 1. The molecule has 3 rings (SSSR count). The van der Waals surface area contributed by atoms with Gasteiger partial charge in [-0.1, -0.05) is 17.7 Å². The number of aliphatic imine (C=N–C) groups is 1. The molecule has 132 valence electrons. The standard InChI is InChI=1S/C19H29N3O2/c1-14-4-7-17(23-3)16(12-14)19(8-10-24-11-9-19)13-21-18(20-2)22-15-5-6-15/h4,7,12,15H,5-6,8-11,13H2,1-3H3,(H2,20,21,22). The lowest BCUT2D eigenvalue weighted by Crippen LogP contribution is -2.48. The summed E-state index contributed by atoms with van der Waals surface area (Å²) in [4.78, 5) is 4.37. The molecule has 1 saturated heterocycles. The number of nitrogens with one attached hydrogen (secondary N) is 2. The Morgan fingerprint density at radius 3 is 2.71 bits per heavy atom. The molecule has 1 heterocycles. The van der Waals surface area contributed by atoms with Crippen LogP contribution in [0.25, 0.3) is 0 Å². The molecule has 1 saturated carbocycles. The fourth-order valence-electron chi connectivity index (χ4n) is 3.41. The van der Waals surface area contributed by atoms with Crippen molar-refractivity contribution < 1.29 is 9.47 Å². The van der Waals surface area contributed by atoms with E-state index in [1.165, 1.54) is 24.0 Å².